The summed E-state index contributed by atoms with van der Waals surface area (Å²) in [6, 6.07) is 12.3. The minimum Gasteiger partial charge on any atom is -0.453 e. The summed E-state index contributed by atoms with van der Waals surface area (Å²) in [4.78, 5) is 75.0. The second-order valence-corrected chi connectivity index (χ2v) is 15.1. The van der Waals surface area contributed by atoms with Crippen LogP contribution in [-0.2, 0) is 19.1 Å². The number of hydrogen-bond acceptors (Lipinski definition) is 9. The SMILES string of the molecule is C=CC[C@H](NC(=O)OC)C(=O)N1CCC[C@H]1c1ncc(-c2ccc3nc(-c4ccc(-c5cnc([C@@H]6CCCN6C(=O)[C@@H](NC(=O)OC)C(C)C)[nH]5)cc4F)ccc3c2)[nH]1. The highest BCUT2D eigenvalue weighted by atomic mass is 19.1. The van der Waals surface area contributed by atoms with Crippen molar-refractivity contribution >= 4 is 34.9 Å². The van der Waals surface area contributed by atoms with Crippen molar-refractivity contribution < 1.29 is 33.0 Å². The van der Waals surface area contributed by atoms with Gasteiger partial charge in [0.2, 0.25) is 11.8 Å². The maximum Gasteiger partial charge on any atom is 0.407 e. The van der Waals surface area contributed by atoms with Gasteiger partial charge in [-0.2, -0.15) is 0 Å². The van der Waals surface area contributed by atoms with Crippen LogP contribution in [-0.4, -0.2) is 98.1 Å². The fourth-order valence-corrected chi connectivity index (χ4v) is 7.94. The molecule has 0 spiro atoms. The summed E-state index contributed by atoms with van der Waals surface area (Å²) in [5.41, 5.74) is 4.35. The second-order valence-electron chi connectivity index (χ2n) is 15.1. The van der Waals surface area contributed by atoms with Crippen molar-refractivity contribution in [2.24, 2.45) is 5.92 Å². The lowest BCUT2D eigenvalue weighted by Gasteiger charge is -2.30. The van der Waals surface area contributed by atoms with E-state index in [1.165, 1.54) is 20.3 Å². The van der Waals surface area contributed by atoms with Crippen LogP contribution in [0.2, 0.25) is 0 Å². The number of methoxy groups -OCH3 is 2. The Labute approximate surface area is 340 Å². The number of pyridine rings is 1. The Morgan fingerprint density at radius 3 is 2.03 bits per heavy atom. The van der Waals surface area contributed by atoms with Crippen LogP contribution in [0.5, 0.6) is 0 Å². The Morgan fingerprint density at radius 1 is 0.847 bits per heavy atom. The average molecular weight is 806 g/mol. The number of nitrogens with one attached hydrogen (secondary N) is 4. The number of halogens is 1. The lowest BCUT2D eigenvalue weighted by Crippen LogP contribution is -2.51. The molecule has 4 N–H and O–H groups in total. The van der Waals surface area contributed by atoms with Crippen LogP contribution >= 0.6 is 0 Å². The molecular weight excluding hydrogens is 758 g/mol. The maximum absolute atomic E-state index is 15.8. The number of ether oxygens (including phenoxy) is 2. The molecule has 0 saturated carbocycles. The molecular formula is C43H48FN9O6. The van der Waals surface area contributed by atoms with E-state index in [-0.39, 0.29) is 36.2 Å². The zero-order valence-electron chi connectivity index (χ0n) is 33.5. The number of rotatable bonds is 12. The molecule has 0 aliphatic carbocycles. The molecule has 3 aromatic heterocycles. The Bertz CT molecular complexity index is 2380. The van der Waals surface area contributed by atoms with E-state index >= 15 is 4.39 Å². The van der Waals surface area contributed by atoms with Gasteiger partial charge >= 0.3 is 12.2 Å². The van der Waals surface area contributed by atoms with Crippen molar-refractivity contribution in [3.05, 3.63) is 91.0 Å². The number of imidazole rings is 2. The lowest BCUT2D eigenvalue weighted by molar-refractivity contribution is -0.135. The van der Waals surface area contributed by atoms with E-state index in [0.717, 1.165) is 35.9 Å². The van der Waals surface area contributed by atoms with Gasteiger partial charge in [-0.1, -0.05) is 38.1 Å². The van der Waals surface area contributed by atoms with Crippen LogP contribution in [0.1, 0.15) is 69.7 Å². The molecule has 16 heteroatoms. The number of alkyl carbamates (subject to hydrolysis) is 2. The maximum atomic E-state index is 15.8. The van der Waals surface area contributed by atoms with Crippen molar-refractivity contribution in [3.63, 3.8) is 0 Å². The minimum absolute atomic E-state index is 0.154. The van der Waals surface area contributed by atoms with Gasteiger partial charge in [0, 0.05) is 35.2 Å². The molecule has 0 radical (unpaired) electrons. The van der Waals surface area contributed by atoms with Gasteiger partial charge in [-0.05, 0) is 68.4 Å². The normalized spacial score (nSPS) is 17.5. The van der Waals surface area contributed by atoms with E-state index in [9.17, 15) is 19.2 Å². The number of benzene rings is 2. The summed E-state index contributed by atoms with van der Waals surface area (Å²) in [7, 11) is 2.52. The van der Waals surface area contributed by atoms with Crippen LogP contribution < -0.4 is 10.6 Å². The highest BCUT2D eigenvalue weighted by molar-refractivity contribution is 5.88. The van der Waals surface area contributed by atoms with Gasteiger partial charge in [0.25, 0.3) is 0 Å². The van der Waals surface area contributed by atoms with Crippen molar-refractivity contribution in [2.75, 3.05) is 27.3 Å². The van der Waals surface area contributed by atoms with E-state index in [0.29, 0.717) is 59.2 Å². The average Bonchev–Trinajstić information content (AvgIpc) is 4.08. The predicted octanol–water partition coefficient (Wildman–Crippen LogP) is 6.83. The molecule has 2 aliphatic heterocycles. The summed E-state index contributed by atoms with van der Waals surface area (Å²) in [5, 5.41) is 6.12. The fourth-order valence-electron chi connectivity index (χ4n) is 7.94. The first kappa shape index (κ1) is 40.6. The van der Waals surface area contributed by atoms with Crippen LogP contribution in [0.3, 0.4) is 0 Å². The molecule has 2 fully saturated rings. The third-order valence-electron chi connectivity index (χ3n) is 11.0. The van der Waals surface area contributed by atoms with Gasteiger partial charge < -0.3 is 39.9 Å². The van der Waals surface area contributed by atoms with Gasteiger partial charge in [-0.15, -0.1) is 6.58 Å². The highest BCUT2D eigenvalue weighted by Crippen LogP contribution is 2.35. The molecule has 0 unspecified atom stereocenters. The van der Waals surface area contributed by atoms with Crippen molar-refractivity contribution in [3.8, 4) is 33.8 Å². The monoisotopic (exact) mass is 805 g/mol. The molecule has 15 nitrogen and oxygen atoms in total. The first-order valence-corrected chi connectivity index (χ1v) is 19.7. The number of carbonyl (C=O) groups is 4. The van der Waals surface area contributed by atoms with E-state index in [4.69, 9.17) is 14.5 Å². The number of amides is 4. The van der Waals surface area contributed by atoms with E-state index in [1.807, 2.05) is 38.1 Å². The Morgan fingerprint density at radius 2 is 1.44 bits per heavy atom. The molecule has 4 atom stereocenters. The molecule has 2 saturated heterocycles. The first-order valence-electron chi connectivity index (χ1n) is 19.7. The molecule has 5 aromatic rings. The van der Waals surface area contributed by atoms with Crippen molar-refractivity contribution in [1.82, 2.24) is 45.4 Å². The fraction of sp³-hybridized carbons (Fsp3) is 0.372. The zero-order valence-corrected chi connectivity index (χ0v) is 33.5. The summed E-state index contributed by atoms with van der Waals surface area (Å²) in [6.45, 7) is 8.51. The van der Waals surface area contributed by atoms with E-state index < -0.39 is 30.1 Å². The summed E-state index contributed by atoms with van der Waals surface area (Å²) in [5.74, 6) is 0.214. The first-order chi connectivity index (χ1) is 28.5. The molecule has 0 bridgehead atoms. The van der Waals surface area contributed by atoms with Gasteiger partial charge in [0.1, 0.15) is 29.5 Å². The Balaban J connectivity index is 1.04. The quantitative estimate of drug-likeness (QED) is 0.0981. The van der Waals surface area contributed by atoms with Gasteiger partial charge in [-0.25, -0.2) is 28.9 Å². The minimum atomic E-state index is -0.791. The lowest BCUT2D eigenvalue weighted by atomic mass is 10.0. The van der Waals surface area contributed by atoms with Crippen LogP contribution in [0.25, 0.3) is 44.7 Å². The number of aromatic nitrogens is 5. The van der Waals surface area contributed by atoms with Gasteiger partial charge in [0.05, 0.1) is 61.3 Å². The van der Waals surface area contributed by atoms with Gasteiger partial charge in [0.15, 0.2) is 0 Å². The number of aromatic amines is 2. The number of H-pyrrole nitrogens is 2. The molecule has 59 heavy (non-hydrogen) atoms. The topological polar surface area (TPSA) is 188 Å². The van der Waals surface area contributed by atoms with Crippen molar-refractivity contribution in [2.45, 2.75) is 70.1 Å². The summed E-state index contributed by atoms with van der Waals surface area (Å²) >= 11 is 0. The second kappa shape index (κ2) is 17.5. The summed E-state index contributed by atoms with van der Waals surface area (Å²) < 4.78 is 25.3. The third kappa shape index (κ3) is 8.52. The number of carbonyl (C=O) groups excluding carboxylic acids is 4. The molecule has 7 rings (SSSR count). The molecule has 2 aromatic carbocycles. The third-order valence-corrected chi connectivity index (χ3v) is 11.0. The molecule has 5 heterocycles. The summed E-state index contributed by atoms with van der Waals surface area (Å²) in [6.07, 6.45) is 6.89. The van der Waals surface area contributed by atoms with Crippen molar-refractivity contribution in [1.29, 1.82) is 0 Å². The standard InChI is InChI=1S/C43H48FN9O6/c1-6-9-32(50-42(56)58-4)40(54)52-18-7-10-35(52)38-45-22-33(48-38)26-13-16-30-25(20-26)14-17-31(47-30)28-15-12-27(21-29(28)44)34-23-46-39(49-34)36-11-8-19-53(36)41(55)37(24(2)3)51-43(57)59-5/h6,12-17,20-24,32,35-37H,1,7-11,18-19H2,2-5H3,(H,45,48)(H,46,49)(H,50,56)(H,51,57)/t32-,35-,36-,37-/m0/s1. The number of fused-ring (bicyclic) bond motifs is 1. The molecule has 308 valence electrons. The Kier molecular flexibility index (Phi) is 12.0. The molecule has 2 aliphatic rings. The van der Waals surface area contributed by atoms with Crippen LogP contribution in [0, 0.1) is 11.7 Å². The Hall–Kier alpha value is -6.58. The number of hydrogen-bond donors (Lipinski definition) is 4. The van der Waals surface area contributed by atoms with E-state index in [1.54, 1.807) is 46.5 Å². The van der Waals surface area contributed by atoms with Crippen LogP contribution in [0.4, 0.5) is 14.0 Å². The van der Waals surface area contributed by atoms with Crippen LogP contribution in [0.15, 0.2) is 73.6 Å². The predicted molar refractivity (Wildman–Crippen MR) is 218 cm³/mol. The molecule has 4 amide bonds. The number of likely N-dealkylation sites (tertiary alicyclic amines) is 2. The van der Waals surface area contributed by atoms with Gasteiger partial charge in [-0.3, -0.25) is 9.59 Å². The van der Waals surface area contributed by atoms with E-state index in [2.05, 4.69) is 37.1 Å². The number of nitrogens with zero attached hydrogens (tertiary/aromatic N) is 5. The zero-order chi connectivity index (χ0) is 41.8. The smallest absolute Gasteiger partial charge is 0.407 e. The largest absolute Gasteiger partial charge is 0.453 e. The highest BCUT2D eigenvalue weighted by Gasteiger charge is 2.38.